The molecule has 3 aromatic rings. The first-order chi connectivity index (χ1) is 15.3. The number of nitrogens with one attached hydrogen (secondary N) is 3. The Morgan fingerprint density at radius 1 is 1.19 bits per heavy atom. The fraction of sp³-hybridized carbons (Fsp3) is 0.227. The minimum Gasteiger partial charge on any atom is -0.462 e. The van der Waals surface area contributed by atoms with E-state index in [4.69, 9.17) is 4.74 Å². The lowest BCUT2D eigenvalue weighted by molar-refractivity contribution is -0.137. The van der Waals surface area contributed by atoms with E-state index in [1.54, 1.807) is 33.8 Å². The number of nitrogens with zero attached hydrogens (tertiary/aromatic N) is 2. The summed E-state index contributed by atoms with van der Waals surface area (Å²) in [6, 6.07) is 7.25. The molecule has 3 N–H and O–H groups in total. The molecular weight excluding hydrogens is 430 g/mol. The third-order valence-electron chi connectivity index (χ3n) is 4.91. The van der Waals surface area contributed by atoms with E-state index in [9.17, 15) is 14.4 Å². The van der Waals surface area contributed by atoms with Gasteiger partial charge in [-0.1, -0.05) is 12.1 Å². The molecule has 2 aromatic heterocycles. The van der Waals surface area contributed by atoms with Gasteiger partial charge in [-0.2, -0.15) is 0 Å². The quantitative estimate of drug-likeness (QED) is 0.525. The predicted octanol–water partition coefficient (Wildman–Crippen LogP) is 3.32. The number of fused-ring (bicyclic) bond motifs is 2. The Kier molecular flexibility index (Phi) is 5.62. The van der Waals surface area contributed by atoms with Crippen LogP contribution in [-0.2, 0) is 9.53 Å². The number of hydrogen-bond donors (Lipinski definition) is 3. The molecule has 0 fully saturated rings. The number of esters is 1. The van der Waals surface area contributed by atoms with Crippen molar-refractivity contribution in [1.82, 2.24) is 15.3 Å². The van der Waals surface area contributed by atoms with Gasteiger partial charge in [-0.05, 0) is 45.4 Å². The molecule has 10 heteroatoms. The van der Waals surface area contributed by atoms with Gasteiger partial charge in [-0.25, -0.2) is 14.8 Å². The summed E-state index contributed by atoms with van der Waals surface area (Å²) in [4.78, 5) is 50.6. The van der Waals surface area contributed by atoms with Crippen LogP contribution in [0.1, 0.15) is 34.9 Å². The number of rotatable bonds is 3. The molecule has 164 valence electrons. The number of benzene rings is 1. The molecule has 1 aliphatic rings. The first-order valence-electron chi connectivity index (χ1n) is 9.94. The number of amidine groups is 1. The molecule has 1 aliphatic heterocycles. The van der Waals surface area contributed by atoms with Gasteiger partial charge in [0, 0.05) is 5.70 Å². The monoisotopic (exact) mass is 451 g/mol. The van der Waals surface area contributed by atoms with Crippen molar-refractivity contribution in [3.05, 3.63) is 62.2 Å². The largest absolute Gasteiger partial charge is 0.462 e. The standard InChI is InChI=1S/C22H21N5O4S/c1-5-31-22(30)16-11(3)23-13-8-6-7-9-14(13)26-18(16)27-20(29)17-10(2)15-19(28)24-12(4)25-21(15)32-17/h6-9,23H,5H2,1-4H3,(H,24,25,28)(H,26,27,29). The molecule has 3 heterocycles. The number of allylic oxidation sites excluding steroid dienone is 1. The van der Waals surface area contributed by atoms with Crippen molar-refractivity contribution in [2.75, 3.05) is 11.9 Å². The van der Waals surface area contributed by atoms with Gasteiger partial charge < -0.3 is 20.4 Å². The third kappa shape index (κ3) is 3.80. The van der Waals surface area contributed by atoms with Crippen LogP contribution >= 0.6 is 11.3 Å². The molecular formula is C22H21N5O4S. The molecule has 0 saturated heterocycles. The molecule has 0 atom stereocenters. The maximum atomic E-state index is 13.2. The number of aliphatic imine (C=N–C) groups is 1. The van der Waals surface area contributed by atoms with Crippen LogP contribution in [0.25, 0.3) is 10.2 Å². The molecule has 32 heavy (non-hydrogen) atoms. The molecule has 0 saturated carbocycles. The van der Waals surface area contributed by atoms with Gasteiger partial charge in [0.15, 0.2) is 0 Å². The van der Waals surface area contributed by atoms with E-state index in [1.807, 2.05) is 18.2 Å². The van der Waals surface area contributed by atoms with Crippen LogP contribution in [0.3, 0.4) is 0 Å². The van der Waals surface area contributed by atoms with Crippen LogP contribution in [0.15, 0.2) is 45.3 Å². The number of ether oxygens (including phenoxy) is 1. The fourth-order valence-electron chi connectivity index (χ4n) is 3.47. The summed E-state index contributed by atoms with van der Waals surface area (Å²) in [5.41, 5.74) is 2.09. The molecule has 0 bridgehead atoms. The third-order valence-corrected chi connectivity index (χ3v) is 6.09. The number of hydrogen-bond acceptors (Lipinski definition) is 8. The number of aryl methyl sites for hydroxylation is 2. The molecule has 9 nitrogen and oxygen atoms in total. The first-order valence-corrected chi connectivity index (χ1v) is 10.8. The maximum absolute atomic E-state index is 13.2. The second-order valence-corrected chi connectivity index (χ2v) is 8.16. The maximum Gasteiger partial charge on any atom is 0.343 e. The van der Waals surface area contributed by atoms with Crippen molar-refractivity contribution in [2.45, 2.75) is 27.7 Å². The molecule has 1 aromatic carbocycles. The van der Waals surface area contributed by atoms with E-state index in [0.29, 0.717) is 43.6 Å². The summed E-state index contributed by atoms with van der Waals surface area (Å²) in [6.07, 6.45) is 0. The highest BCUT2D eigenvalue weighted by atomic mass is 32.1. The minimum absolute atomic E-state index is 0.0679. The lowest BCUT2D eigenvalue weighted by Crippen LogP contribution is -2.35. The highest BCUT2D eigenvalue weighted by molar-refractivity contribution is 7.20. The zero-order valence-electron chi connectivity index (χ0n) is 18.0. The molecule has 0 unspecified atom stereocenters. The molecule has 0 aliphatic carbocycles. The lowest BCUT2D eigenvalue weighted by atomic mass is 10.1. The minimum atomic E-state index is -0.605. The van der Waals surface area contributed by atoms with Crippen LogP contribution in [0.5, 0.6) is 0 Å². The second-order valence-electron chi connectivity index (χ2n) is 7.16. The zero-order valence-corrected chi connectivity index (χ0v) is 18.8. The zero-order chi connectivity index (χ0) is 23.0. The van der Waals surface area contributed by atoms with Crippen molar-refractivity contribution >= 4 is 50.6 Å². The number of aromatic amines is 1. The van der Waals surface area contributed by atoms with Gasteiger partial charge in [0.05, 0.1) is 28.2 Å². The van der Waals surface area contributed by atoms with E-state index in [-0.39, 0.29) is 23.6 Å². The normalized spacial score (nSPS) is 13.2. The van der Waals surface area contributed by atoms with Crippen molar-refractivity contribution in [3.8, 4) is 0 Å². The van der Waals surface area contributed by atoms with E-state index >= 15 is 0 Å². The summed E-state index contributed by atoms with van der Waals surface area (Å²) in [6.45, 7) is 6.97. The van der Waals surface area contributed by atoms with E-state index in [0.717, 1.165) is 11.3 Å². The van der Waals surface area contributed by atoms with Gasteiger partial charge in [-0.3, -0.25) is 9.59 Å². The summed E-state index contributed by atoms with van der Waals surface area (Å²) in [7, 11) is 0. The van der Waals surface area contributed by atoms with Gasteiger partial charge in [0.25, 0.3) is 11.5 Å². The van der Waals surface area contributed by atoms with Crippen LogP contribution < -0.4 is 16.2 Å². The Morgan fingerprint density at radius 2 is 1.94 bits per heavy atom. The number of thiophene rings is 1. The fourth-order valence-corrected chi connectivity index (χ4v) is 4.59. The van der Waals surface area contributed by atoms with Crippen molar-refractivity contribution in [3.63, 3.8) is 0 Å². The highest BCUT2D eigenvalue weighted by Crippen LogP contribution is 2.31. The smallest absolute Gasteiger partial charge is 0.343 e. The molecule has 0 spiro atoms. The number of anilines is 1. The Hall–Kier alpha value is -3.79. The topological polar surface area (TPSA) is 126 Å². The molecule has 4 rings (SSSR count). The van der Waals surface area contributed by atoms with Gasteiger partial charge in [0.2, 0.25) is 0 Å². The first kappa shape index (κ1) is 21.4. The van der Waals surface area contributed by atoms with E-state index < -0.39 is 11.9 Å². The number of para-hydroxylation sites is 2. The number of carbonyl (C=O) groups is 2. The van der Waals surface area contributed by atoms with Crippen molar-refractivity contribution in [2.24, 2.45) is 4.99 Å². The predicted molar refractivity (Wildman–Crippen MR) is 124 cm³/mol. The van der Waals surface area contributed by atoms with Gasteiger partial charge in [0.1, 0.15) is 22.1 Å². The second kappa shape index (κ2) is 8.39. The lowest BCUT2D eigenvalue weighted by Gasteiger charge is -2.13. The number of amides is 1. The Bertz CT molecular complexity index is 1380. The average molecular weight is 452 g/mol. The van der Waals surface area contributed by atoms with Crippen LogP contribution in [0, 0.1) is 13.8 Å². The molecule has 0 radical (unpaired) electrons. The number of carbonyl (C=O) groups excluding carboxylic acids is 2. The van der Waals surface area contributed by atoms with Crippen molar-refractivity contribution in [1.29, 1.82) is 0 Å². The summed E-state index contributed by atoms with van der Waals surface area (Å²) < 4.78 is 5.20. The van der Waals surface area contributed by atoms with Crippen molar-refractivity contribution < 1.29 is 14.3 Å². The van der Waals surface area contributed by atoms with E-state index in [2.05, 4.69) is 25.6 Å². The summed E-state index contributed by atoms with van der Waals surface area (Å²) in [5, 5.41) is 6.29. The summed E-state index contributed by atoms with van der Waals surface area (Å²) >= 11 is 1.11. The average Bonchev–Trinajstić information content (AvgIpc) is 2.98. The van der Waals surface area contributed by atoms with Crippen LogP contribution in [-0.4, -0.2) is 34.3 Å². The number of aromatic nitrogens is 2. The molecule has 1 amide bonds. The van der Waals surface area contributed by atoms with Crippen LogP contribution in [0.2, 0.25) is 0 Å². The van der Waals surface area contributed by atoms with Gasteiger partial charge >= 0.3 is 5.97 Å². The van der Waals surface area contributed by atoms with Gasteiger partial charge in [-0.15, -0.1) is 11.3 Å². The Labute approximate surface area is 187 Å². The Morgan fingerprint density at radius 3 is 2.69 bits per heavy atom. The Balaban J connectivity index is 1.80. The SMILES string of the molecule is CCOC(=O)C1=C(C)Nc2ccccc2N=C1NC(=O)c1sc2nc(C)[nH]c(=O)c2c1C. The van der Waals surface area contributed by atoms with Crippen LogP contribution in [0.4, 0.5) is 11.4 Å². The summed E-state index contributed by atoms with van der Waals surface area (Å²) in [5.74, 6) is -0.561. The highest BCUT2D eigenvalue weighted by Gasteiger charge is 2.28. The van der Waals surface area contributed by atoms with E-state index in [1.165, 1.54) is 0 Å². The number of H-pyrrole nitrogens is 1.